The largest absolute Gasteiger partial charge is 0.493 e. The third-order valence-electron chi connectivity index (χ3n) is 4.96. The first-order valence-electron chi connectivity index (χ1n) is 9.67. The molecule has 1 fully saturated rings. The molecule has 0 bridgehead atoms. The number of benzene rings is 3. The van der Waals surface area contributed by atoms with Gasteiger partial charge in [0.25, 0.3) is 11.1 Å². The normalized spacial score (nSPS) is 14.8. The molecule has 32 heavy (non-hydrogen) atoms. The van der Waals surface area contributed by atoms with Crippen molar-refractivity contribution < 1.29 is 19.1 Å². The molecule has 3 aromatic carbocycles. The van der Waals surface area contributed by atoms with Crippen molar-refractivity contribution in [2.24, 2.45) is 0 Å². The van der Waals surface area contributed by atoms with Gasteiger partial charge >= 0.3 is 0 Å². The minimum Gasteiger partial charge on any atom is -0.493 e. The summed E-state index contributed by atoms with van der Waals surface area (Å²) in [6.45, 7) is 0.321. The summed E-state index contributed by atoms with van der Waals surface area (Å²) >= 11 is 4.39. The molecule has 0 aliphatic carbocycles. The second-order valence-corrected chi connectivity index (χ2v) is 8.77. The first kappa shape index (κ1) is 22.0. The van der Waals surface area contributed by atoms with E-state index in [1.807, 2.05) is 24.3 Å². The minimum absolute atomic E-state index is 0.0482. The second-order valence-electron chi connectivity index (χ2n) is 6.92. The highest BCUT2D eigenvalue weighted by molar-refractivity contribution is 9.10. The van der Waals surface area contributed by atoms with Gasteiger partial charge < -0.3 is 9.47 Å². The number of methoxy groups -OCH3 is 1. The topological polar surface area (TPSA) is 55.8 Å². The highest BCUT2D eigenvalue weighted by atomic mass is 79.9. The fourth-order valence-electron chi connectivity index (χ4n) is 3.38. The Hall–Kier alpha value is -3.21. The molecule has 5 nitrogen and oxygen atoms in total. The maximum absolute atomic E-state index is 12.5. The summed E-state index contributed by atoms with van der Waals surface area (Å²) in [7, 11) is 1.55. The van der Waals surface area contributed by atoms with E-state index in [1.165, 1.54) is 0 Å². The van der Waals surface area contributed by atoms with E-state index in [0.717, 1.165) is 33.0 Å². The lowest BCUT2D eigenvalue weighted by Gasteiger charge is -2.14. The van der Waals surface area contributed by atoms with Crippen LogP contribution in [0.15, 0.2) is 64.0 Å². The van der Waals surface area contributed by atoms with Gasteiger partial charge in [-0.1, -0.05) is 64.3 Å². The van der Waals surface area contributed by atoms with E-state index in [9.17, 15) is 9.59 Å². The number of carbonyl (C=O) groups excluding carboxylic acids is 2. The van der Waals surface area contributed by atoms with Gasteiger partial charge in [0, 0.05) is 4.47 Å². The maximum atomic E-state index is 12.5. The van der Waals surface area contributed by atoms with Crippen LogP contribution in [0, 0.1) is 12.3 Å². The van der Waals surface area contributed by atoms with Crippen LogP contribution < -0.4 is 9.47 Å². The number of thioether (sulfide) groups is 1. The number of carbonyl (C=O) groups is 2. The Morgan fingerprint density at radius 2 is 1.91 bits per heavy atom. The van der Waals surface area contributed by atoms with Gasteiger partial charge in [0.1, 0.15) is 6.61 Å². The molecule has 4 rings (SSSR count). The third-order valence-corrected chi connectivity index (χ3v) is 6.55. The van der Waals surface area contributed by atoms with E-state index in [2.05, 4.69) is 40.0 Å². The fraction of sp³-hybridized carbons (Fsp3) is 0.120. The Balaban J connectivity index is 1.60. The van der Waals surface area contributed by atoms with Gasteiger partial charge in [-0.25, -0.2) is 0 Å². The molecule has 0 saturated carbocycles. The van der Waals surface area contributed by atoms with Crippen molar-refractivity contribution in [3.63, 3.8) is 0 Å². The lowest BCUT2D eigenvalue weighted by Crippen LogP contribution is -2.28. The molecule has 1 aliphatic rings. The van der Waals surface area contributed by atoms with Gasteiger partial charge in [-0.3, -0.25) is 14.5 Å². The molecule has 0 atom stereocenters. The van der Waals surface area contributed by atoms with Crippen LogP contribution in [0.4, 0.5) is 4.79 Å². The number of fused-ring (bicyclic) bond motifs is 1. The number of terminal acetylenes is 1. The number of rotatable bonds is 6. The Morgan fingerprint density at radius 3 is 2.69 bits per heavy atom. The van der Waals surface area contributed by atoms with Gasteiger partial charge in [0.2, 0.25) is 0 Å². The summed E-state index contributed by atoms with van der Waals surface area (Å²) < 4.78 is 12.3. The minimum atomic E-state index is -0.403. The number of ether oxygens (including phenoxy) is 2. The van der Waals surface area contributed by atoms with Crippen LogP contribution in [-0.2, 0) is 11.4 Å². The predicted octanol–water partition coefficient (Wildman–Crippen LogP) is 5.86. The van der Waals surface area contributed by atoms with Gasteiger partial charge in [0.05, 0.1) is 18.6 Å². The quantitative estimate of drug-likeness (QED) is 0.309. The molecule has 1 heterocycles. The zero-order chi connectivity index (χ0) is 22.7. The van der Waals surface area contributed by atoms with E-state index in [-0.39, 0.29) is 11.8 Å². The first-order chi connectivity index (χ1) is 15.5. The van der Waals surface area contributed by atoms with Crippen molar-refractivity contribution in [3.05, 3.63) is 75.1 Å². The average molecular weight is 508 g/mol. The number of imide groups is 1. The molecular formula is C25H18BrNO4S. The van der Waals surface area contributed by atoms with Crippen molar-refractivity contribution in [1.82, 2.24) is 4.90 Å². The number of nitrogens with zero attached hydrogens (tertiary/aromatic N) is 1. The lowest BCUT2D eigenvalue weighted by molar-refractivity contribution is -0.122. The van der Waals surface area contributed by atoms with Crippen LogP contribution in [-0.4, -0.2) is 29.7 Å². The smallest absolute Gasteiger partial charge is 0.294 e. The van der Waals surface area contributed by atoms with Gasteiger partial charge in [-0.2, -0.15) is 0 Å². The third kappa shape index (κ3) is 4.38. The first-order valence-corrected chi connectivity index (χ1v) is 11.3. The predicted molar refractivity (Wildman–Crippen MR) is 130 cm³/mol. The van der Waals surface area contributed by atoms with Crippen molar-refractivity contribution in [2.45, 2.75) is 6.61 Å². The Bertz CT molecular complexity index is 1290. The zero-order valence-corrected chi connectivity index (χ0v) is 19.5. The summed E-state index contributed by atoms with van der Waals surface area (Å²) in [5.74, 6) is 3.00. The van der Waals surface area contributed by atoms with E-state index >= 15 is 0 Å². The van der Waals surface area contributed by atoms with Crippen LogP contribution in [0.1, 0.15) is 11.1 Å². The molecule has 1 saturated heterocycles. The van der Waals surface area contributed by atoms with E-state index in [0.29, 0.717) is 33.0 Å². The van der Waals surface area contributed by atoms with Crippen LogP contribution in [0.5, 0.6) is 11.5 Å². The van der Waals surface area contributed by atoms with Gasteiger partial charge in [-0.15, -0.1) is 6.42 Å². The molecule has 0 aromatic heterocycles. The number of halogens is 1. The van der Waals surface area contributed by atoms with Crippen LogP contribution in [0.2, 0.25) is 0 Å². The summed E-state index contributed by atoms with van der Waals surface area (Å²) in [5, 5.41) is 1.90. The summed E-state index contributed by atoms with van der Waals surface area (Å²) in [6, 6.07) is 17.8. The maximum Gasteiger partial charge on any atom is 0.294 e. The molecule has 7 heteroatoms. The molecule has 0 N–H and O–H groups in total. The van der Waals surface area contributed by atoms with Crippen molar-refractivity contribution >= 4 is 55.7 Å². The molecule has 2 amide bonds. The van der Waals surface area contributed by atoms with Crippen molar-refractivity contribution in [1.29, 1.82) is 0 Å². The number of hydrogen-bond acceptors (Lipinski definition) is 5. The second kappa shape index (κ2) is 9.51. The fourth-order valence-corrected chi connectivity index (χ4v) is 4.64. The van der Waals surface area contributed by atoms with Crippen LogP contribution >= 0.6 is 27.7 Å². The van der Waals surface area contributed by atoms with Crippen LogP contribution in [0.25, 0.3) is 16.8 Å². The molecule has 160 valence electrons. The number of amides is 2. The van der Waals surface area contributed by atoms with E-state index < -0.39 is 5.91 Å². The van der Waals surface area contributed by atoms with Crippen molar-refractivity contribution in [2.75, 3.05) is 13.7 Å². The Kier molecular flexibility index (Phi) is 6.54. The summed E-state index contributed by atoms with van der Waals surface area (Å²) in [4.78, 5) is 25.8. The Labute approximate surface area is 198 Å². The molecule has 0 unspecified atom stereocenters. The number of hydrogen-bond donors (Lipinski definition) is 0. The lowest BCUT2D eigenvalue weighted by atomic mass is 10.1. The summed E-state index contributed by atoms with van der Waals surface area (Å²) in [6.07, 6.45) is 6.89. The molecule has 0 radical (unpaired) electrons. The zero-order valence-electron chi connectivity index (χ0n) is 17.1. The average Bonchev–Trinajstić information content (AvgIpc) is 3.06. The Morgan fingerprint density at radius 1 is 1.12 bits per heavy atom. The van der Waals surface area contributed by atoms with Gasteiger partial charge in [0.15, 0.2) is 11.5 Å². The van der Waals surface area contributed by atoms with Crippen LogP contribution in [0.3, 0.4) is 0 Å². The monoisotopic (exact) mass is 507 g/mol. The SMILES string of the molecule is C#CCN1C(=O)S/C(=C/c2cc(OC)c(OCc3cccc4ccccc34)cc2Br)C1=O. The van der Waals surface area contributed by atoms with Crippen molar-refractivity contribution in [3.8, 4) is 23.8 Å². The summed E-state index contributed by atoms with van der Waals surface area (Å²) in [5.41, 5.74) is 1.75. The van der Waals surface area contributed by atoms with E-state index in [1.54, 1.807) is 25.3 Å². The van der Waals surface area contributed by atoms with Gasteiger partial charge in [-0.05, 0) is 51.9 Å². The molecular weight excluding hydrogens is 490 g/mol. The molecule has 0 spiro atoms. The standard InChI is InChI=1S/C25H18BrNO4S/c1-3-11-27-24(28)23(32-25(27)29)13-18-12-21(30-2)22(14-20(18)26)31-15-17-9-6-8-16-7-4-5-10-19(16)17/h1,4-10,12-14H,11,15H2,2H3/b23-13+. The highest BCUT2D eigenvalue weighted by Crippen LogP contribution is 2.38. The molecule has 1 aliphatic heterocycles. The highest BCUT2D eigenvalue weighted by Gasteiger charge is 2.34. The molecule has 3 aromatic rings. The van der Waals surface area contributed by atoms with E-state index in [4.69, 9.17) is 15.9 Å².